The molecular weight excluding hydrogens is 277 g/mol. The number of nitrogens with one attached hydrogen (secondary N) is 1. The summed E-state index contributed by atoms with van der Waals surface area (Å²) in [7, 11) is 3.98. The number of hydrogen-bond acceptors (Lipinski definition) is 2. The van der Waals surface area contributed by atoms with Gasteiger partial charge in [-0.2, -0.15) is 13.2 Å². The first-order valence-corrected chi connectivity index (χ1v) is 7.19. The van der Waals surface area contributed by atoms with Crippen LogP contribution in [0.3, 0.4) is 0 Å². The van der Waals surface area contributed by atoms with Gasteiger partial charge in [0.15, 0.2) is 0 Å². The molecule has 120 valence electrons. The quantitative estimate of drug-likeness (QED) is 0.856. The molecule has 0 aliphatic heterocycles. The minimum absolute atomic E-state index is 0.125. The second-order valence-electron chi connectivity index (χ2n) is 6.12. The lowest BCUT2D eigenvalue weighted by Gasteiger charge is -2.29. The number of benzene rings is 1. The van der Waals surface area contributed by atoms with E-state index in [0.29, 0.717) is 11.5 Å². The van der Waals surface area contributed by atoms with Gasteiger partial charge in [-0.1, -0.05) is 26.0 Å². The second-order valence-corrected chi connectivity index (χ2v) is 6.12. The van der Waals surface area contributed by atoms with E-state index in [9.17, 15) is 13.2 Å². The molecule has 1 N–H and O–H groups in total. The van der Waals surface area contributed by atoms with E-state index in [-0.39, 0.29) is 12.1 Å². The van der Waals surface area contributed by atoms with Crippen molar-refractivity contribution < 1.29 is 13.2 Å². The Kier molecular flexibility index (Phi) is 6.23. The van der Waals surface area contributed by atoms with Crippen molar-refractivity contribution >= 4 is 0 Å². The van der Waals surface area contributed by atoms with Crippen LogP contribution in [0.2, 0.25) is 0 Å². The van der Waals surface area contributed by atoms with E-state index in [0.717, 1.165) is 12.6 Å². The highest BCUT2D eigenvalue weighted by Gasteiger charge is 2.30. The average molecular weight is 302 g/mol. The van der Waals surface area contributed by atoms with Crippen LogP contribution in [0.5, 0.6) is 0 Å². The molecule has 0 bridgehead atoms. The lowest BCUT2D eigenvalue weighted by atomic mass is 9.99. The van der Waals surface area contributed by atoms with Gasteiger partial charge in [0.2, 0.25) is 0 Å². The largest absolute Gasteiger partial charge is 0.416 e. The summed E-state index contributed by atoms with van der Waals surface area (Å²) in [6.45, 7) is 6.97. The maximum absolute atomic E-state index is 12.8. The third kappa shape index (κ3) is 5.67. The minimum atomic E-state index is -4.29. The van der Waals surface area contributed by atoms with E-state index < -0.39 is 11.7 Å². The Morgan fingerprint density at radius 3 is 2.24 bits per heavy atom. The van der Waals surface area contributed by atoms with Gasteiger partial charge in [-0.3, -0.25) is 0 Å². The highest BCUT2D eigenvalue weighted by atomic mass is 19.4. The Bertz CT molecular complexity index is 441. The minimum Gasteiger partial charge on any atom is -0.308 e. The zero-order valence-corrected chi connectivity index (χ0v) is 13.3. The van der Waals surface area contributed by atoms with E-state index in [1.165, 1.54) is 12.1 Å². The van der Waals surface area contributed by atoms with Crippen molar-refractivity contribution in [3.63, 3.8) is 0 Å². The number of alkyl halides is 3. The van der Waals surface area contributed by atoms with Gasteiger partial charge in [-0.25, -0.2) is 0 Å². The molecule has 5 heteroatoms. The predicted molar refractivity (Wildman–Crippen MR) is 80.2 cm³/mol. The molecule has 21 heavy (non-hydrogen) atoms. The number of halogens is 3. The second kappa shape index (κ2) is 7.27. The summed E-state index contributed by atoms with van der Waals surface area (Å²) in [6.07, 6.45) is -4.29. The maximum Gasteiger partial charge on any atom is 0.416 e. The summed E-state index contributed by atoms with van der Waals surface area (Å²) >= 11 is 0. The van der Waals surface area contributed by atoms with E-state index in [4.69, 9.17) is 0 Å². The Morgan fingerprint density at radius 1 is 1.14 bits per heavy atom. The Morgan fingerprint density at radius 2 is 1.76 bits per heavy atom. The van der Waals surface area contributed by atoms with Crippen molar-refractivity contribution in [1.82, 2.24) is 10.2 Å². The Balaban J connectivity index is 2.85. The van der Waals surface area contributed by atoms with Crippen LogP contribution in [-0.4, -0.2) is 31.6 Å². The molecule has 2 atom stereocenters. The van der Waals surface area contributed by atoms with Crippen molar-refractivity contribution in [2.75, 3.05) is 20.6 Å². The highest BCUT2D eigenvalue weighted by molar-refractivity contribution is 5.27. The maximum atomic E-state index is 12.8. The lowest BCUT2D eigenvalue weighted by molar-refractivity contribution is -0.137. The van der Waals surface area contributed by atoms with Gasteiger partial charge in [0.05, 0.1) is 5.56 Å². The average Bonchev–Trinajstić information content (AvgIpc) is 2.36. The standard InChI is InChI=1S/C16H25F3N2/c1-11(2)15(10-21(4)5)20-12(3)13-7-6-8-14(9-13)16(17,18)19/h6-9,11-12,15,20H,10H2,1-5H3. The SMILES string of the molecule is CC(NC(CN(C)C)C(C)C)c1cccc(C(F)(F)F)c1. The van der Waals surface area contributed by atoms with Gasteiger partial charge >= 0.3 is 6.18 Å². The van der Waals surface area contributed by atoms with Crippen LogP contribution in [0.4, 0.5) is 13.2 Å². The molecule has 0 amide bonds. The van der Waals surface area contributed by atoms with E-state index in [2.05, 4.69) is 24.1 Å². The number of nitrogens with zero attached hydrogens (tertiary/aromatic N) is 1. The predicted octanol–water partition coefficient (Wildman–Crippen LogP) is 3.94. The van der Waals surface area contributed by atoms with Crippen LogP contribution in [-0.2, 0) is 6.18 Å². The first kappa shape index (κ1) is 18.0. The van der Waals surface area contributed by atoms with E-state index in [1.54, 1.807) is 6.07 Å². The van der Waals surface area contributed by atoms with Crippen LogP contribution < -0.4 is 5.32 Å². The van der Waals surface area contributed by atoms with Crippen LogP contribution in [0.15, 0.2) is 24.3 Å². The molecule has 0 aromatic heterocycles. The smallest absolute Gasteiger partial charge is 0.308 e. The monoisotopic (exact) mass is 302 g/mol. The third-order valence-electron chi connectivity index (χ3n) is 3.54. The van der Waals surface area contributed by atoms with Crippen LogP contribution >= 0.6 is 0 Å². The molecule has 0 saturated heterocycles. The van der Waals surface area contributed by atoms with Gasteiger partial charge in [-0.15, -0.1) is 0 Å². The number of hydrogen-bond donors (Lipinski definition) is 1. The van der Waals surface area contributed by atoms with Gasteiger partial charge in [0, 0.05) is 18.6 Å². The molecule has 1 rings (SSSR count). The summed E-state index contributed by atoms with van der Waals surface area (Å²) in [4.78, 5) is 2.08. The van der Waals surface area contributed by atoms with E-state index in [1.807, 2.05) is 21.0 Å². The normalized spacial score (nSPS) is 15.5. The summed E-state index contributed by atoms with van der Waals surface area (Å²) in [5.74, 6) is 0.403. The Hall–Kier alpha value is -1.07. The zero-order chi connectivity index (χ0) is 16.2. The number of likely N-dealkylation sites (N-methyl/N-ethyl adjacent to an activating group) is 1. The Labute approximate surface area is 125 Å². The van der Waals surface area contributed by atoms with Crippen LogP contribution in [0.25, 0.3) is 0 Å². The first-order valence-electron chi connectivity index (χ1n) is 7.19. The molecule has 0 aliphatic rings. The molecule has 0 heterocycles. The molecule has 1 aromatic rings. The molecule has 0 saturated carbocycles. The van der Waals surface area contributed by atoms with Crippen molar-refractivity contribution in [1.29, 1.82) is 0 Å². The van der Waals surface area contributed by atoms with Gasteiger partial charge in [0.1, 0.15) is 0 Å². The third-order valence-corrected chi connectivity index (χ3v) is 3.54. The fraction of sp³-hybridized carbons (Fsp3) is 0.625. The van der Waals surface area contributed by atoms with Crippen molar-refractivity contribution in [2.24, 2.45) is 5.92 Å². The first-order chi connectivity index (χ1) is 9.61. The molecule has 2 nitrogen and oxygen atoms in total. The van der Waals surface area contributed by atoms with Crippen molar-refractivity contribution in [3.8, 4) is 0 Å². The molecule has 0 fully saturated rings. The van der Waals surface area contributed by atoms with Crippen LogP contribution in [0, 0.1) is 5.92 Å². The van der Waals surface area contributed by atoms with Crippen LogP contribution in [0.1, 0.15) is 37.9 Å². The lowest BCUT2D eigenvalue weighted by Crippen LogP contribution is -2.43. The summed E-state index contributed by atoms with van der Waals surface area (Å²) in [6, 6.07) is 5.64. The molecule has 0 spiro atoms. The molecule has 2 unspecified atom stereocenters. The summed E-state index contributed by atoms with van der Waals surface area (Å²) < 4.78 is 38.3. The van der Waals surface area contributed by atoms with Crippen molar-refractivity contribution in [3.05, 3.63) is 35.4 Å². The molecule has 1 aromatic carbocycles. The fourth-order valence-corrected chi connectivity index (χ4v) is 2.25. The molecule has 0 radical (unpaired) electrons. The van der Waals surface area contributed by atoms with Crippen molar-refractivity contribution in [2.45, 2.75) is 39.0 Å². The zero-order valence-electron chi connectivity index (χ0n) is 13.3. The van der Waals surface area contributed by atoms with Gasteiger partial charge < -0.3 is 10.2 Å². The van der Waals surface area contributed by atoms with E-state index >= 15 is 0 Å². The summed E-state index contributed by atoms with van der Waals surface area (Å²) in [5, 5.41) is 3.43. The molecular formula is C16H25F3N2. The highest BCUT2D eigenvalue weighted by Crippen LogP contribution is 2.30. The topological polar surface area (TPSA) is 15.3 Å². The van der Waals surface area contributed by atoms with Gasteiger partial charge in [-0.05, 0) is 44.6 Å². The fourth-order valence-electron chi connectivity index (χ4n) is 2.25. The van der Waals surface area contributed by atoms with Gasteiger partial charge in [0.25, 0.3) is 0 Å². The summed E-state index contributed by atoms with van der Waals surface area (Å²) in [5.41, 5.74) is 0.0663. The molecule has 0 aliphatic carbocycles. The number of rotatable bonds is 6.